The maximum absolute atomic E-state index is 13.5. The lowest BCUT2D eigenvalue weighted by molar-refractivity contribution is -0.400. The van der Waals surface area contributed by atoms with Crippen LogP contribution in [-0.4, -0.2) is 119 Å². The standard InChI is InChI=1S/C34H54O12/c1-15(20-13-30(3,41)32(5,42)28(45-20)46-27-26(40)25(39)24(38)21(14-35)44-27)34(43)9-7-18-17-11-23(37)33-12-16(33)10-22(36)31(33,4)19(17)6-8-29(18,34)2/h15-21,23-28,35,37-43H,6-14H2,1-5H3/t15-,16-,17-,18-,19+,20-,21+,23-,24+,25-,26+,27-,28+,29+,30-,31+,32-,33+,34+/m1/s1. The minimum Gasteiger partial charge on any atom is -0.394 e. The molecule has 46 heavy (non-hydrogen) atoms. The normalized spacial score (nSPS) is 61.8. The number of aliphatic hydroxyl groups is 8. The Bertz CT molecular complexity index is 1240. The van der Waals surface area contributed by atoms with Crippen molar-refractivity contribution in [2.75, 3.05) is 6.61 Å². The molecule has 0 aromatic heterocycles. The summed E-state index contributed by atoms with van der Waals surface area (Å²) in [4.78, 5) is 13.5. The second-order valence-electron chi connectivity index (χ2n) is 17.1. The van der Waals surface area contributed by atoms with E-state index in [1.807, 2.05) is 6.92 Å². The largest absolute Gasteiger partial charge is 0.394 e. The molecule has 7 fully saturated rings. The van der Waals surface area contributed by atoms with E-state index in [4.69, 9.17) is 14.2 Å². The molecule has 5 aliphatic carbocycles. The molecular weight excluding hydrogens is 600 g/mol. The highest BCUT2D eigenvalue weighted by Crippen LogP contribution is 2.81. The third-order valence-corrected chi connectivity index (χ3v) is 15.5. The summed E-state index contributed by atoms with van der Waals surface area (Å²) in [6.45, 7) is 8.23. The molecule has 0 aromatic carbocycles. The molecule has 12 nitrogen and oxygen atoms in total. The number of fused-ring (bicyclic) bond motifs is 4. The van der Waals surface area contributed by atoms with E-state index in [9.17, 15) is 45.6 Å². The number of aliphatic hydroxyl groups excluding tert-OH is 5. The van der Waals surface area contributed by atoms with E-state index >= 15 is 0 Å². The van der Waals surface area contributed by atoms with Crippen molar-refractivity contribution < 1.29 is 59.9 Å². The van der Waals surface area contributed by atoms with Gasteiger partial charge in [-0.2, -0.15) is 0 Å². The number of ketones is 1. The molecular formula is C34H54O12. The van der Waals surface area contributed by atoms with Gasteiger partial charge in [0.15, 0.2) is 12.6 Å². The van der Waals surface area contributed by atoms with Crippen LogP contribution in [0.4, 0.5) is 0 Å². The lowest BCUT2D eigenvalue weighted by atomic mass is 9.44. The Hall–Kier alpha value is -0.770. The highest BCUT2D eigenvalue weighted by Gasteiger charge is 2.81. The Morgan fingerprint density at radius 2 is 1.59 bits per heavy atom. The maximum Gasteiger partial charge on any atom is 0.192 e. The van der Waals surface area contributed by atoms with E-state index in [0.717, 1.165) is 19.3 Å². The zero-order chi connectivity index (χ0) is 33.6. The van der Waals surface area contributed by atoms with Crippen molar-refractivity contribution in [1.82, 2.24) is 0 Å². The molecule has 262 valence electrons. The van der Waals surface area contributed by atoms with Gasteiger partial charge in [-0.05, 0) is 81.5 Å². The first-order chi connectivity index (χ1) is 21.3. The zero-order valence-electron chi connectivity index (χ0n) is 27.6. The van der Waals surface area contributed by atoms with Gasteiger partial charge >= 0.3 is 0 Å². The van der Waals surface area contributed by atoms with Crippen LogP contribution >= 0.6 is 0 Å². The van der Waals surface area contributed by atoms with Crippen LogP contribution in [0.1, 0.15) is 86.0 Å². The van der Waals surface area contributed by atoms with Crippen LogP contribution < -0.4 is 0 Å². The average Bonchev–Trinajstić information content (AvgIpc) is 3.57. The third-order valence-electron chi connectivity index (χ3n) is 15.5. The summed E-state index contributed by atoms with van der Waals surface area (Å²) in [5, 5.41) is 88.0. The van der Waals surface area contributed by atoms with E-state index in [1.165, 1.54) is 13.8 Å². The quantitative estimate of drug-likeness (QED) is 0.197. The van der Waals surface area contributed by atoms with Crippen LogP contribution in [0.3, 0.4) is 0 Å². The second kappa shape index (κ2) is 10.4. The SMILES string of the molecule is C[C@H]([C@H]1C[C@@](C)(O)[C@](C)(O)[C@H](O[C@H]2O[C@@H](CO)[C@H](O)[C@@H](O)[C@@H]2O)O1)[C@@]1(O)CC[C@@H]2[C@H]3C[C@@H](O)[C@]45C[C@H]4CC(=O)[C@]5(C)[C@H]3CC[C@@]21C. The number of rotatable bonds is 5. The molecule has 2 saturated heterocycles. The predicted octanol–water partition coefficient (Wildman–Crippen LogP) is -0.0204. The van der Waals surface area contributed by atoms with Gasteiger partial charge in [0, 0.05) is 29.6 Å². The van der Waals surface area contributed by atoms with Crippen LogP contribution in [0.15, 0.2) is 0 Å². The van der Waals surface area contributed by atoms with Gasteiger partial charge in [0.25, 0.3) is 0 Å². The van der Waals surface area contributed by atoms with Crippen molar-refractivity contribution >= 4 is 5.78 Å². The molecule has 2 aliphatic heterocycles. The van der Waals surface area contributed by atoms with Crippen LogP contribution in [0.2, 0.25) is 0 Å². The smallest absolute Gasteiger partial charge is 0.192 e. The summed E-state index contributed by atoms with van der Waals surface area (Å²) < 4.78 is 17.7. The number of carbonyl (C=O) groups is 1. The van der Waals surface area contributed by atoms with E-state index in [0.29, 0.717) is 31.6 Å². The molecule has 19 atom stereocenters. The second-order valence-corrected chi connectivity index (χ2v) is 17.1. The van der Waals surface area contributed by atoms with E-state index < -0.39 is 89.4 Å². The van der Waals surface area contributed by atoms with Crippen LogP contribution in [0.5, 0.6) is 0 Å². The van der Waals surface area contributed by atoms with Gasteiger partial charge in [-0.1, -0.05) is 20.8 Å². The Kier molecular flexibility index (Phi) is 7.61. The molecule has 2 heterocycles. The van der Waals surface area contributed by atoms with Gasteiger partial charge in [-0.15, -0.1) is 0 Å². The monoisotopic (exact) mass is 654 g/mol. The minimum absolute atomic E-state index is 0.0278. The Balaban J connectivity index is 1.14. The lowest BCUT2D eigenvalue weighted by Crippen LogP contribution is -2.69. The van der Waals surface area contributed by atoms with E-state index in [2.05, 4.69) is 13.8 Å². The summed E-state index contributed by atoms with van der Waals surface area (Å²) in [6.07, 6.45) is -5.96. The Labute approximate surface area is 270 Å². The lowest BCUT2D eigenvalue weighted by Gasteiger charge is -2.61. The van der Waals surface area contributed by atoms with Gasteiger partial charge in [0.1, 0.15) is 35.8 Å². The number of carbonyl (C=O) groups excluding carboxylic acids is 1. The minimum atomic E-state index is -2.01. The first-order valence-corrected chi connectivity index (χ1v) is 17.3. The molecule has 7 aliphatic rings. The van der Waals surface area contributed by atoms with Crippen LogP contribution in [0, 0.1) is 45.8 Å². The van der Waals surface area contributed by atoms with Gasteiger partial charge in [0.2, 0.25) is 0 Å². The van der Waals surface area contributed by atoms with Crippen molar-refractivity contribution in [1.29, 1.82) is 0 Å². The van der Waals surface area contributed by atoms with Crippen molar-refractivity contribution in [2.24, 2.45) is 45.8 Å². The van der Waals surface area contributed by atoms with Gasteiger partial charge < -0.3 is 55.1 Å². The Morgan fingerprint density at radius 1 is 0.913 bits per heavy atom. The van der Waals surface area contributed by atoms with E-state index in [-0.39, 0.29) is 35.4 Å². The molecule has 0 radical (unpaired) electrons. The highest BCUT2D eigenvalue weighted by molar-refractivity contribution is 5.91. The molecule has 5 saturated carbocycles. The van der Waals surface area contributed by atoms with Gasteiger partial charge in [-0.25, -0.2) is 0 Å². The van der Waals surface area contributed by atoms with Crippen LogP contribution in [0.25, 0.3) is 0 Å². The molecule has 12 heteroatoms. The van der Waals surface area contributed by atoms with Gasteiger partial charge in [-0.3, -0.25) is 4.79 Å². The maximum atomic E-state index is 13.5. The molecule has 7 rings (SSSR count). The molecule has 0 amide bonds. The number of hydrogen-bond donors (Lipinski definition) is 8. The van der Waals surface area contributed by atoms with E-state index in [1.54, 1.807) is 0 Å². The number of Topliss-reactive ketones (excluding diaryl/α,β-unsaturated/α-hetero) is 1. The number of ether oxygens (including phenoxy) is 3. The summed E-state index contributed by atoms with van der Waals surface area (Å²) in [5.41, 5.74) is -6.38. The fourth-order valence-electron chi connectivity index (χ4n) is 12.1. The molecule has 0 aromatic rings. The van der Waals surface area contributed by atoms with Crippen molar-refractivity contribution in [3.63, 3.8) is 0 Å². The predicted molar refractivity (Wildman–Crippen MR) is 159 cm³/mol. The summed E-state index contributed by atoms with van der Waals surface area (Å²) in [6, 6.07) is 0. The summed E-state index contributed by atoms with van der Waals surface area (Å²) in [5.74, 6) is 0.400. The zero-order valence-corrected chi connectivity index (χ0v) is 27.6. The van der Waals surface area contributed by atoms with Gasteiger partial charge in [0.05, 0.1) is 30.0 Å². The Morgan fingerprint density at radius 3 is 2.26 bits per heavy atom. The first-order valence-electron chi connectivity index (χ1n) is 17.3. The van der Waals surface area contributed by atoms with Crippen molar-refractivity contribution in [3.8, 4) is 0 Å². The summed E-state index contributed by atoms with van der Waals surface area (Å²) in [7, 11) is 0. The molecule has 1 spiro atoms. The number of hydrogen-bond acceptors (Lipinski definition) is 12. The summed E-state index contributed by atoms with van der Waals surface area (Å²) >= 11 is 0. The van der Waals surface area contributed by atoms with Crippen molar-refractivity contribution in [2.45, 2.75) is 152 Å². The molecule has 0 unspecified atom stereocenters. The first kappa shape index (κ1) is 33.7. The fraction of sp³-hybridized carbons (Fsp3) is 0.971. The van der Waals surface area contributed by atoms with Crippen LogP contribution in [-0.2, 0) is 19.0 Å². The fourth-order valence-corrected chi connectivity index (χ4v) is 12.1. The highest BCUT2D eigenvalue weighted by atomic mass is 16.8. The third kappa shape index (κ3) is 4.03. The average molecular weight is 655 g/mol. The molecule has 0 bridgehead atoms. The van der Waals surface area contributed by atoms with Crippen molar-refractivity contribution in [3.05, 3.63) is 0 Å². The molecule has 8 N–H and O–H groups in total. The topological polar surface area (TPSA) is 207 Å².